The summed E-state index contributed by atoms with van der Waals surface area (Å²) in [5.74, 6) is 1.79. The molecule has 6 heteroatoms. The molecule has 1 aliphatic carbocycles. The van der Waals surface area contributed by atoms with Gasteiger partial charge in [-0.2, -0.15) is 6.07 Å². The molecule has 0 bridgehead atoms. The Morgan fingerprint density at radius 2 is 1.69 bits per heavy atom. The van der Waals surface area contributed by atoms with Crippen LogP contribution in [-0.4, -0.2) is 21.6 Å². The zero-order valence-corrected chi connectivity index (χ0v) is 22.9. The molecule has 0 saturated carbocycles. The minimum atomic E-state index is 0. The van der Waals surface area contributed by atoms with Crippen molar-refractivity contribution in [2.24, 2.45) is 4.99 Å². The van der Waals surface area contributed by atoms with Gasteiger partial charge >= 0.3 is 21.1 Å². The third-order valence-electron chi connectivity index (χ3n) is 7.33. The number of hydrogen-bond acceptors (Lipinski definition) is 4. The summed E-state index contributed by atoms with van der Waals surface area (Å²) in [6.07, 6.45) is 2.65. The zero-order valence-electron chi connectivity index (χ0n) is 20.7. The second-order valence-electron chi connectivity index (χ2n) is 9.60. The second kappa shape index (κ2) is 9.51. The van der Waals surface area contributed by atoms with Crippen LogP contribution in [0.2, 0.25) is 0 Å². The Bertz CT molecular complexity index is 1880. The number of hydrogen-bond donors (Lipinski definition) is 0. The van der Waals surface area contributed by atoms with Gasteiger partial charge in [0, 0.05) is 30.0 Å². The van der Waals surface area contributed by atoms with Crippen molar-refractivity contribution in [3.63, 3.8) is 0 Å². The molecule has 0 spiro atoms. The quantitative estimate of drug-likeness (QED) is 0.188. The molecule has 190 valence electrons. The molecule has 2 aromatic heterocycles. The maximum absolute atomic E-state index is 6.36. The van der Waals surface area contributed by atoms with Crippen LogP contribution in [0.4, 0.5) is 0 Å². The van der Waals surface area contributed by atoms with Crippen molar-refractivity contribution in [2.75, 3.05) is 0 Å². The van der Waals surface area contributed by atoms with Crippen molar-refractivity contribution < 1.29 is 30.5 Å². The standard InChI is InChI=1S/C33H21N3O2.Pt/c1-2-11-25-21(8-1)19-30-32(25)35-33(38-30)22-9-7-10-23(18-22)36-28-13-4-3-12-26(28)27-16-15-24(20-29(27)36)37-31-14-5-6-17-34-31;/h1-17,30,32H,19H2;/q-2;+2/t30-,32+;/m0./s1. The fourth-order valence-electron chi connectivity index (χ4n) is 5.65. The SMILES string of the molecule is [Pt+2].[c-]1c(C2=N[C@@H]3c4ccccc4C[C@@H]3O2)cccc1-n1c2[c-]c(Oc3ccccn3)ccc2c2ccccc21. The van der Waals surface area contributed by atoms with Gasteiger partial charge in [0.1, 0.15) is 18.0 Å². The molecule has 0 radical (unpaired) electrons. The predicted octanol–water partition coefficient (Wildman–Crippen LogP) is 7.01. The molecule has 0 saturated heterocycles. The molecule has 0 amide bonds. The van der Waals surface area contributed by atoms with Crippen LogP contribution in [0.1, 0.15) is 22.7 Å². The van der Waals surface area contributed by atoms with E-state index in [9.17, 15) is 0 Å². The van der Waals surface area contributed by atoms with Crippen LogP contribution < -0.4 is 4.74 Å². The van der Waals surface area contributed by atoms with Gasteiger partial charge in [-0.25, -0.2) is 4.98 Å². The summed E-state index contributed by atoms with van der Waals surface area (Å²) in [6.45, 7) is 0. The number of para-hydroxylation sites is 1. The van der Waals surface area contributed by atoms with Gasteiger partial charge in [-0.3, -0.25) is 4.99 Å². The molecule has 39 heavy (non-hydrogen) atoms. The predicted molar refractivity (Wildman–Crippen MR) is 147 cm³/mol. The van der Waals surface area contributed by atoms with Crippen LogP contribution in [0.3, 0.4) is 0 Å². The first-order chi connectivity index (χ1) is 18.8. The molecule has 3 heterocycles. The summed E-state index contributed by atoms with van der Waals surface area (Å²) >= 11 is 0. The molecular weight excluding hydrogens is 665 g/mol. The molecule has 0 N–H and O–H groups in total. The monoisotopic (exact) mass is 686 g/mol. The average molecular weight is 687 g/mol. The summed E-state index contributed by atoms with van der Waals surface area (Å²) in [7, 11) is 0. The van der Waals surface area contributed by atoms with Crippen molar-refractivity contribution in [3.05, 3.63) is 132 Å². The van der Waals surface area contributed by atoms with Crippen LogP contribution in [-0.2, 0) is 32.2 Å². The maximum Gasteiger partial charge on any atom is 2.00 e. The van der Waals surface area contributed by atoms with E-state index in [1.807, 2.05) is 36.4 Å². The van der Waals surface area contributed by atoms with E-state index >= 15 is 0 Å². The Labute approximate surface area is 240 Å². The van der Waals surface area contributed by atoms with E-state index in [1.54, 1.807) is 6.20 Å². The summed E-state index contributed by atoms with van der Waals surface area (Å²) in [6, 6.07) is 39.7. The van der Waals surface area contributed by atoms with Gasteiger partial charge in [0.25, 0.3) is 0 Å². The Hall–Kier alpha value is -4.21. The van der Waals surface area contributed by atoms with E-state index in [-0.39, 0.29) is 33.2 Å². The third kappa shape index (κ3) is 3.97. The number of nitrogens with zero attached hydrogens (tertiary/aromatic N) is 3. The molecule has 1 aliphatic heterocycles. The van der Waals surface area contributed by atoms with Crippen molar-refractivity contribution in [1.82, 2.24) is 9.55 Å². The van der Waals surface area contributed by atoms with Crippen LogP contribution in [0.15, 0.2) is 108 Å². The van der Waals surface area contributed by atoms with E-state index in [0.717, 1.165) is 39.5 Å². The zero-order chi connectivity index (χ0) is 25.1. The van der Waals surface area contributed by atoms with E-state index in [2.05, 4.69) is 82.3 Å². The van der Waals surface area contributed by atoms with Crippen molar-refractivity contribution in [2.45, 2.75) is 18.6 Å². The number of aliphatic imine (C=N–C) groups is 1. The molecule has 5 nitrogen and oxygen atoms in total. The minimum absolute atomic E-state index is 0. The fraction of sp³-hybridized carbons (Fsp3) is 0.0909. The molecule has 2 aliphatic rings. The van der Waals surface area contributed by atoms with Gasteiger partial charge in [0.15, 0.2) is 0 Å². The van der Waals surface area contributed by atoms with Gasteiger partial charge in [-0.05, 0) is 34.3 Å². The summed E-state index contributed by atoms with van der Waals surface area (Å²) < 4.78 is 14.6. The van der Waals surface area contributed by atoms with Crippen LogP contribution in [0.25, 0.3) is 27.5 Å². The van der Waals surface area contributed by atoms with Gasteiger partial charge < -0.3 is 14.0 Å². The van der Waals surface area contributed by atoms with Gasteiger partial charge in [-0.15, -0.1) is 41.8 Å². The number of benzene rings is 4. The first-order valence-electron chi connectivity index (χ1n) is 12.7. The number of fused-ring (bicyclic) bond motifs is 6. The number of ether oxygens (including phenoxy) is 2. The molecule has 8 rings (SSSR count). The van der Waals surface area contributed by atoms with Crippen molar-refractivity contribution >= 4 is 27.7 Å². The fourth-order valence-corrected chi connectivity index (χ4v) is 5.65. The summed E-state index contributed by atoms with van der Waals surface area (Å²) in [5.41, 5.74) is 6.31. The first-order valence-corrected chi connectivity index (χ1v) is 12.7. The molecule has 2 atom stereocenters. The maximum atomic E-state index is 6.36. The van der Waals surface area contributed by atoms with E-state index in [1.165, 1.54) is 11.1 Å². The third-order valence-corrected chi connectivity index (χ3v) is 7.33. The molecular formula is C33H21N3O2Pt. The average Bonchev–Trinajstić information content (AvgIpc) is 3.63. The second-order valence-corrected chi connectivity index (χ2v) is 9.60. The summed E-state index contributed by atoms with van der Waals surface area (Å²) in [5, 5.41) is 2.23. The van der Waals surface area contributed by atoms with E-state index in [4.69, 9.17) is 14.5 Å². The van der Waals surface area contributed by atoms with Crippen LogP contribution in [0, 0.1) is 12.1 Å². The van der Waals surface area contributed by atoms with E-state index in [0.29, 0.717) is 17.5 Å². The van der Waals surface area contributed by atoms with Crippen molar-refractivity contribution in [1.29, 1.82) is 0 Å². The molecule has 0 unspecified atom stereocenters. The van der Waals surface area contributed by atoms with Gasteiger partial charge in [-0.1, -0.05) is 59.6 Å². The molecule has 4 aromatic carbocycles. The Morgan fingerprint density at radius 1 is 0.821 bits per heavy atom. The van der Waals surface area contributed by atoms with Gasteiger partial charge in [0.05, 0.1) is 0 Å². The molecule has 6 aromatic rings. The first kappa shape index (κ1) is 23.9. The number of aromatic nitrogens is 2. The Kier molecular flexibility index (Phi) is 5.82. The number of pyridine rings is 1. The van der Waals surface area contributed by atoms with Crippen LogP contribution in [0.5, 0.6) is 11.6 Å². The van der Waals surface area contributed by atoms with Crippen LogP contribution >= 0.6 is 0 Å². The minimum Gasteiger partial charge on any atom is -0.514 e. The number of rotatable bonds is 4. The Balaban J connectivity index is 0.00000253. The normalized spacial score (nSPS) is 17.3. The largest absolute Gasteiger partial charge is 2.00 e. The van der Waals surface area contributed by atoms with Gasteiger partial charge in [0.2, 0.25) is 5.88 Å². The Morgan fingerprint density at radius 3 is 2.62 bits per heavy atom. The smallest absolute Gasteiger partial charge is 0.514 e. The topological polar surface area (TPSA) is 48.6 Å². The van der Waals surface area contributed by atoms with Crippen molar-refractivity contribution in [3.8, 4) is 17.3 Å². The summed E-state index contributed by atoms with van der Waals surface area (Å²) in [4.78, 5) is 9.28. The van der Waals surface area contributed by atoms with E-state index < -0.39 is 0 Å². The molecule has 0 fully saturated rings.